The summed E-state index contributed by atoms with van der Waals surface area (Å²) in [5, 5.41) is 29.0. The van der Waals surface area contributed by atoms with E-state index >= 15 is 0 Å². The number of ether oxygens (including phenoxy) is 1. The molecule has 0 spiro atoms. The minimum Gasteiger partial charge on any atom is -0.504 e. The molecule has 7 nitrogen and oxygen atoms in total. The van der Waals surface area contributed by atoms with E-state index in [9.17, 15) is 25.1 Å². The van der Waals surface area contributed by atoms with E-state index in [2.05, 4.69) is 4.74 Å². The van der Waals surface area contributed by atoms with Gasteiger partial charge in [-0.25, -0.2) is 4.79 Å². The number of carbonyl (C=O) groups excluding carboxylic acids is 1. The number of phenolic OH excluding ortho intramolecular Hbond substituents is 2. The fourth-order valence-corrected chi connectivity index (χ4v) is 1.43. The number of rotatable bonds is 1. The first-order valence-electron chi connectivity index (χ1n) is 3.91. The van der Waals surface area contributed by atoms with Crippen molar-refractivity contribution in [2.24, 2.45) is 0 Å². The van der Waals surface area contributed by atoms with Gasteiger partial charge in [0.15, 0.2) is 5.75 Å². The standard InChI is InChI=1S/C8H5NO6/c10-4-1-3-2-15-8(12)5(3)6(7(4)11)9(13)14/h1,10-11H,2H2. The van der Waals surface area contributed by atoms with Crippen molar-refractivity contribution in [2.45, 2.75) is 6.61 Å². The lowest BCUT2D eigenvalue weighted by molar-refractivity contribution is -0.386. The number of hydrogen-bond donors (Lipinski definition) is 2. The topological polar surface area (TPSA) is 110 Å². The van der Waals surface area contributed by atoms with E-state index in [1.807, 2.05) is 0 Å². The van der Waals surface area contributed by atoms with Crippen LogP contribution in [0.2, 0.25) is 0 Å². The van der Waals surface area contributed by atoms with Crippen molar-refractivity contribution in [3.63, 3.8) is 0 Å². The number of nitro benzene ring substituents is 1. The van der Waals surface area contributed by atoms with Crippen molar-refractivity contribution in [1.29, 1.82) is 0 Å². The highest BCUT2D eigenvalue weighted by Gasteiger charge is 2.36. The van der Waals surface area contributed by atoms with E-state index in [4.69, 9.17) is 0 Å². The van der Waals surface area contributed by atoms with Crippen LogP contribution in [0.4, 0.5) is 5.69 Å². The molecule has 0 saturated heterocycles. The number of nitro groups is 1. The van der Waals surface area contributed by atoms with Gasteiger partial charge in [-0.15, -0.1) is 0 Å². The first-order chi connectivity index (χ1) is 7.02. The van der Waals surface area contributed by atoms with Crippen LogP contribution in [-0.2, 0) is 11.3 Å². The van der Waals surface area contributed by atoms with Crippen molar-refractivity contribution in [3.05, 3.63) is 27.3 Å². The Morgan fingerprint density at radius 1 is 1.47 bits per heavy atom. The van der Waals surface area contributed by atoms with Gasteiger partial charge in [-0.1, -0.05) is 0 Å². The molecular weight excluding hydrogens is 206 g/mol. The van der Waals surface area contributed by atoms with E-state index in [1.54, 1.807) is 0 Å². The summed E-state index contributed by atoms with van der Waals surface area (Å²) in [4.78, 5) is 20.8. The Labute approximate surface area is 82.7 Å². The summed E-state index contributed by atoms with van der Waals surface area (Å²) in [7, 11) is 0. The Kier molecular flexibility index (Phi) is 1.75. The lowest BCUT2D eigenvalue weighted by Gasteiger charge is -2.01. The highest BCUT2D eigenvalue weighted by Crippen LogP contribution is 2.42. The monoisotopic (exact) mass is 211 g/mol. The molecule has 1 heterocycles. The number of benzene rings is 1. The maximum atomic E-state index is 11.1. The van der Waals surface area contributed by atoms with Crippen LogP contribution in [0.1, 0.15) is 15.9 Å². The number of fused-ring (bicyclic) bond motifs is 1. The fraction of sp³-hybridized carbons (Fsp3) is 0.125. The smallest absolute Gasteiger partial charge is 0.346 e. The lowest BCUT2D eigenvalue weighted by Crippen LogP contribution is -2.01. The third kappa shape index (κ3) is 1.17. The largest absolute Gasteiger partial charge is 0.504 e. The molecule has 0 bridgehead atoms. The predicted molar refractivity (Wildman–Crippen MR) is 45.5 cm³/mol. The minimum absolute atomic E-state index is 0.136. The molecule has 7 heteroatoms. The van der Waals surface area contributed by atoms with Gasteiger partial charge < -0.3 is 14.9 Å². The molecule has 1 aromatic carbocycles. The molecule has 2 N–H and O–H groups in total. The SMILES string of the molecule is O=C1OCc2cc(O)c(O)c([N+](=O)[O-])c21. The molecule has 0 aromatic heterocycles. The summed E-state index contributed by atoms with van der Waals surface area (Å²) >= 11 is 0. The highest BCUT2D eigenvalue weighted by molar-refractivity contribution is 5.99. The second-order valence-electron chi connectivity index (χ2n) is 2.96. The minimum atomic E-state index is -0.930. The number of carbonyl (C=O) groups is 1. The summed E-state index contributed by atoms with van der Waals surface area (Å²) in [6.45, 7) is -0.136. The van der Waals surface area contributed by atoms with Crippen molar-refractivity contribution >= 4 is 11.7 Å². The maximum absolute atomic E-state index is 11.1. The number of cyclic esters (lactones) is 1. The van der Waals surface area contributed by atoms with Gasteiger partial charge in [0.1, 0.15) is 12.2 Å². The molecule has 0 amide bonds. The Bertz CT molecular complexity index is 481. The van der Waals surface area contributed by atoms with Gasteiger partial charge in [0.05, 0.1) is 4.92 Å². The van der Waals surface area contributed by atoms with E-state index in [0.717, 1.165) is 6.07 Å². The maximum Gasteiger partial charge on any atom is 0.346 e. The summed E-state index contributed by atoms with van der Waals surface area (Å²) in [6.07, 6.45) is 0. The van der Waals surface area contributed by atoms with Crippen LogP contribution < -0.4 is 0 Å². The zero-order valence-corrected chi connectivity index (χ0v) is 7.26. The molecule has 0 radical (unpaired) electrons. The summed E-state index contributed by atoms with van der Waals surface area (Å²) < 4.78 is 4.56. The van der Waals surface area contributed by atoms with Gasteiger partial charge in [0.2, 0.25) is 5.75 Å². The van der Waals surface area contributed by atoms with Crippen LogP contribution >= 0.6 is 0 Å². The number of hydrogen-bond acceptors (Lipinski definition) is 6. The Morgan fingerprint density at radius 3 is 2.73 bits per heavy atom. The molecule has 2 rings (SSSR count). The van der Waals surface area contributed by atoms with Crippen LogP contribution in [0, 0.1) is 10.1 Å². The van der Waals surface area contributed by atoms with E-state index in [-0.39, 0.29) is 17.7 Å². The summed E-state index contributed by atoms with van der Waals surface area (Å²) in [6, 6.07) is 1.07. The second-order valence-corrected chi connectivity index (χ2v) is 2.96. The van der Waals surface area contributed by atoms with Crippen LogP contribution in [0.3, 0.4) is 0 Å². The fourth-order valence-electron chi connectivity index (χ4n) is 1.43. The zero-order valence-electron chi connectivity index (χ0n) is 7.26. The molecule has 1 aliphatic rings. The molecule has 15 heavy (non-hydrogen) atoms. The van der Waals surface area contributed by atoms with Gasteiger partial charge in [0, 0.05) is 5.56 Å². The van der Waals surface area contributed by atoms with Gasteiger partial charge in [0.25, 0.3) is 0 Å². The second kappa shape index (κ2) is 2.84. The van der Waals surface area contributed by atoms with Gasteiger partial charge in [-0.3, -0.25) is 10.1 Å². The third-order valence-electron chi connectivity index (χ3n) is 2.08. The van der Waals surface area contributed by atoms with Crippen molar-refractivity contribution in [2.75, 3.05) is 0 Å². The Balaban J connectivity index is 2.81. The zero-order chi connectivity index (χ0) is 11.2. The average Bonchev–Trinajstić information content (AvgIpc) is 2.49. The highest BCUT2D eigenvalue weighted by atomic mass is 16.6. The Hall–Kier alpha value is -2.31. The molecule has 0 unspecified atom stereocenters. The molecular formula is C8H5NO6. The summed E-state index contributed by atoms with van der Waals surface area (Å²) in [5.74, 6) is -2.43. The van der Waals surface area contributed by atoms with Gasteiger partial charge in [-0.2, -0.15) is 0 Å². The van der Waals surface area contributed by atoms with Gasteiger partial charge >= 0.3 is 11.7 Å². The number of phenols is 2. The number of esters is 1. The van der Waals surface area contributed by atoms with Crippen molar-refractivity contribution in [3.8, 4) is 11.5 Å². The molecule has 78 valence electrons. The number of nitrogens with zero attached hydrogens (tertiary/aromatic N) is 1. The molecule has 0 saturated carbocycles. The third-order valence-corrected chi connectivity index (χ3v) is 2.08. The van der Waals surface area contributed by atoms with Crippen molar-refractivity contribution in [1.82, 2.24) is 0 Å². The van der Waals surface area contributed by atoms with E-state index in [0.29, 0.717) is 0 Å². The van der Waals surface area contributed by atoms with Crippen LogP contribution in [0.15, 0.2) is 6.07 Å². The first-order valence-corrected chi connectivity index (χ1v) is 3.91. The first kappa shape index (κ1) is 9.25. The van der Waals surface area contributed by atoms with Crippen LogP contribution in [-0.4, -0.2) is 21.1 Å². The lowest BCUT2D eigenvalue weighted by atomic mass is 10.1. The molecule has 1 aliphatic heterocycles. The predicted octanol–water partition coefficient (Wildman–Crippen LogP) is 0.676. The van der Waals surface area contributed by atoms with Crippen LogP contribution in [0.5, 0.6) is 11.5 Å². The van der Waals surface area contributed by atoms with Crippen molar-refractivity contribution < 1.29 is 24.7 Å². The summed E-state index contributed by atoms with van der Waals surface area (Å²) in [5.41, 5.74) is -0.912. The van der Waals surface area contributed by atoms with Crippen LogP contribution in [0.25, 0.3) is 0 Å². The van der Waals surface area contributed by atoms with Gasteiger partial charge in [-0.05, 0) is 6.07 Å². The quantitative estimate of drug-likeness (QED) is 0.306. The Morgan fingerprint density at radius 2 is 2.13 bits per heavy atom. The van der Waals surface area contributed by atoms with E-state index in [1.165, 1.54) is 0 Å². The average molecular weight is 211 g/mol. The van der Waals surface area contributed by atoms with E-state index < -0.39 is 28.1 Å². The molecule has 0 fully saturated rings. The normalized spacial score (nSPS) is 13.5. The molecule has 1 aromatic rings. The molecule has 0 aliphatic carbocycles. The number of aromatic hydroxyl groups is 2. The molecule has 0 atom stereocenters.